The molecule has 136 valence electrons. The van der Waals surface area contributed by atoms with Crippen LogP contribution in [0.25, 0.3) is 0 Å². The first-order chi connectivity index (χ1) is 12.9. The molecule has 2 aromatic carbocycles. The average Bonchev–Trinajstić information content (AvgIpc) is 2.93. The van der Waals surface area contributed by atoms with Gasteiger partial charge in [-0.1, -0.05) is 12.1 Å². The molecule has 0 bridgehead atoms. The van der Waals surface area contributed by atoms with Crippen molar-refractivity contribution in [2.45, 2.75) is 6.92 Å². The number of benzene rings is 2. The maximum absolute atomic E-state index is 12.6. The Hall–Kier alpha value is -3.59. The number of ketones is 2. The lowest BCUT2D eigenvalue weighted by Gasteiger charge is -2.20. The summed E-state index contributed by atoms with van der Waals surface area (Å²) >= 11 is 0. The lowest BCUT2D eigenvalue weighted by molar-refractivity contribution is -0.117. The van der Waals surface area contributed by atoms with Gasteiger partial charge in [0.25, 0.3) is 0 Å². The smallest absolute Gasteiger partial charge is 0.214 e. The topological polar surface area (TPSA) is 73.6 Å². The number of fused-ring (bicyclic) bond motifs is 1. The minimum Gasteiger partial charge on any atom is -0.485 e. The number of para-hydroxylation sites is 2. The number of anilines is 2. The molecule has 1 aliphatic rings. The highest BCUT2D eigenvalue weighted by Gasteiger charge is 2.31. The second-order valence-corrected chi connectivity index (χ2v) is 6.21. The molecule has 0 aliphatic carbocycles. The van der Waals surface area contributed by atoms with Crippen LogP contribution in [-0.2, 0) is 4.79 Å². The molecule has 0 spiro atoms. The van der Waals surface area contributed by atoms with Crippen LogP contribution in [0.3, 0.4) is 0 Å². The average molecular weight is 361 g/mol. The number of carbonyl (C=O) groups is 2. The minimum atomic E-state index is -0.408. The molecule has 1 aliphatic heterocycles. The molecule has 0 saturated carbocycles. The molecule has 0 N–H and O–H groups in total. The van der Waals surface area contributed by atoms with Gasteiger partial charge in [0.05, 0.1) is 11.4 Å². The van der Waals surface area contributed by atoms with Crippen LogP contribution in [0, 0.1) is 11.3 Å². The minimum absolute atomic E-state index is 0.0385. The first-order valence-corrected chi connectivity index (χ1v) is 8.42. The molecule has 1 heterocycles. The maximum atomic E-state index is 12.6. The standard InChI is InChI=1S/C21H19N3O3/c1-14(25)15-8-10-16(11-9-15)27-13-20(26)17(12-22)21-23(2)18-6-4-5-7-19(18)24(21)3/h4-11H,13H2,1-3H3. The molecule has 6 nitrogen and oxygen atoms in total. The zero-order valence-corrected chi connectivity index (χ0v) is 15.4. The number of Topliss-reactive ketones (excluding diaryl/α,β-unsaturated/α-hetero) is 2. The number of nitriles is 1. The van der Waals surface area contributed by atoms with Crippen molar-refractivity contribution in [3.63, 3.8) is 0 Å². The fourth-order valence-electron chi connectivity index (χ4n) is 3.06. The molecule has 0 atom stereocenters. The molecule has 27 heavy (non-hydrogen) atoms. The highest BCUT2D eigenvalue weighted by atomic mass is 16.5. The molecule has 0 fully saturated rings. The second kappa shape index (κ2) is 7.34. The third-order valence-electron chi connectivity index (χ3n) is 4.48. The van der Waals surface area contributed by atoms with Crippen molar-refractivity contribution in [2.75, 3.05) is 30.5 Å². The van der Waals surface area contributed by atoms with E-state index in [-0.39, 0.29) is 18.0 Å². The predicted octanol–water partition coefficient (Wildman–Crippen LogP) is 3.16. The van der Waals surface area contributed by atoms with Gasteiger partial charge in [-0.15, -0.1) is 0 Å². The molecule has 0 unspecified atom stereocenters. The first kappa shape index (κ1) is 18.2. The van der Waals surface area contributed by atoms with Crippen molar-refractivity contribution < 1.29 is 14.3 Å². The van der Waals surface area contributed by atoms with E-state index in [2.05, 4.69) is 0 Å². The molecule has 0 amide bonds. The SMILES string of the molecule is CC(=O)c1ccc(OCC(=O)C(C#N)=C2N(C)c3ccccc3N2C)cc1. The van der Waals surface area contributed by atoms with E-state index >= 15 is 0 Å². The van der Waals surface area contributed by atoms with Crippen LogP contribution in [0.2, 0.25) is 0 Å². The normalized spacial score (nSPS) is 12.4. The van der Waals surface area contributed by atoms with Crippen molar-refractivity contribution in [1.82, 2.24) is 0 Å². The Morgan fingerprint density at radius 3 is 2.04 bits per heavy atom. The molecule has 2 aromatic rings. The fraction of sp³-hybridized carbons (Fsp3) is 0.190. The monoisotopic (exact) mass is 361 g/mol. The van der Waals surface area contributed by atoms with Crippen molar-refractivity contribution >= 4 is 22.9 Å². The third kappa shape index (κ3) is 3.40. The van der Waals surface area contributed by atoms with E-state index in [0.29, 0.717) is 17.1 Å². The Morgan fingerprint density at radius 2 is 1.56 bits per heavy atom. The Labute approximate surface area is 157 Å². The highest BCUT2D eigenvalue weighted by molar-refractivity contribution is 6.03. The van der Waals surface area contributed by atoms with Gasteiger partial charge in [0.2, 0.25) is 5.78 Å². The van der Waals surface area contributed by atoms with Gasteiger partial charge in [-0.3, -0.25) is 9.59 Å². The van der Waals surface area contributed by atoms with E-state index in [1.807, 2.05) is 54.2 Å². The molecular weight excluding hydrogens is 342 g/mol. The zero-order valence-electron chi connectivity index (χ0n) is 15.4. The number of carbonyl (C=O) groups excluding carboxylic acids is 2. The number of nitrogens with zero attached hydrogens (tertiary/aromatic N) is 3. The van der Waals surface area contributed by atoms with Crippen molar-refractivity contribution in [2.24, 2.45) is 0 Å². The van der Waals surface area contributed by atoms with Crippen LogP contribution < -0.4 is 14.5 Å². The van der Waals surface area contributed by atoms with Crippen molar-refractivity contribution in [3.05, 3.63) is 65.5 Å². The Balaban J connectivity index is 1.80. The van der Waals surface area contributed by atoms with E-state index in [1.54, 1.807) is 24.3 Å². The maximum Gasteiger partial charge on any atom is 0.214 e. The van der Waals surface area contributed by atoms with E-state index in [0.717, 1.165) is 11.4 Å². The molecule has 3 rings (SSSR count). The quantitative estimate of drug-likeness (QED) is 0.463. The van der Waals surface area contributed by atoms with Gasteiger partial charge >= 0.3 is 0 Å². The molecular formula is C21H19N3O3. The van der Waals surface area contributed by atoms with Gasteiger partial charge < -0.3 is 14.5 Å². The van der Waals surface area contributed by atoms with Crippen LogP contribution >= 0.6 is 0 Å². The summed E-state index contributed by atoms with van der Waals surface area (Å²) in [5.74, 6) is 0.543. The van der Waals surface area contributed by atoms with Gasteiger partial charge in [0.1, 0.15) is 23.2 Å². The Bertz CT molecular complexity index is 940. The Morgan fingerprint density at radius 1 is 1.00 bits per heavy atom. The summed E-state index contributed by atoms with van der Waals surface area (Å²) in [6, 6.07) is 16.3. The summed E-state index contributed by atoms with van der Waals surface area (Å²) in [5.41, 5.74) is 2.46. The largest absolute Gasteiger partial charge is 0.485 e. The van der Waals surface area contributed by atoms with Crippen LogP contribution in [0.4, 0.5) is 11.4 Å². The lowest BCUT2D eigenvalue weighted by atomic mass is 10.1. The lowest BCUT2D eigenvalue weighted by Crippen LogP contribution is -2.27. The number of ether oxygens (including phenoxy) is 1. The number of rotatable bonds is 5. The second-order valence-electron chi connectivity index (χ2n) is 6.21. The van der Waals surface area contributed by atoms with Crippen LogP contribution in [0.1, 0.15) is 17.3 Å². The van der Waals surface area contributed by atoms with Crippen LogP contribution in [0.15, 0.2) is 59.9 Å². The zero-order chi connectivity index (χ0) is 19.6. The molecule has 6 heteroatoms. The van der Waals surface area contributed by atoms with Crippen molar-refractivity contribution in [1.29, 1.82) is 5.26 Å². The fourth-order valence-corrected chi connectivity index (χ4v) is 3.06. The van der Waals surface area contributed by atoms with Crippen molar-refractivity contribution in [3.8, 4) is 11.8 Å². The summed E-state index contributed by atoms with van der Waals surface area (Å²) in [7, 11) is 3.65. The van der Waals surface area contributed by atoms with Gasteiger partial charge in [0.15, 0.2) is 12.4 Å². The number of hydrogen-bond donors (Lipinski definition) is 0. The van der Waals surface area contributed by atoms with Gasteiger partial charge in [-0.05, 0) is 43.3 Å². The summed E-state index contributed by atoms with van der Waals surface area (Å²) in [6.45, 7) is 1.22. The van der Waals surface area contributed by atoms with Crippen LogP contribution in [0.5, 0.6) is 5.75 Å². The summed E-state index contributed by atoms with van der Waals surface area (Å²) < 4.78 is 5.51. The predicted molar refractivity (Wildman–Crippen MR) is 103 cm³/mol. The van der Waals surface area contributed by atoms with Crippen LogP contribution in [-0.4, -0.2) is 32.3 Å². The summed E-state index contributed by atoms with van der Waals surface area (Å²) in [4.78, 5) is 27.6. The summed E-state index contributed by atoms with van der Waals surface area (Å²) in [6.07, 6.45) is 0. The van der Waals surface area contributed by atoms with E-state index in [4.69, 9.17) is 4.74 Å². The van der Waals surface area contributed by atoms with E-state index in [1.165, 1.54) is 6.92 Å². The van der Waals surface area contributed by atoms with Gasteiger partial charge in [-0.2, -0.15) is 5.26 Å². The first-order valence-electron chi connectivity index (χ1n) is 8.42. The molecule has 0 aromatic heterocycles. The van der Waals surface area contributed by atoms with Gasteiger partial charge in [-0.25, -0.2) is 0 Å². The number of hydrogen-bond acceptors (Lipinski definition) is 6. The highest BCUT2D eigenvalue weighted by Crippen LogP contribution is 2.40. The molecule has 0 saturated heterocycles. The van der Waals surface area contributed by atoms with Gasteiger partial charge in [0, 0.05) is 19.7 Å². The van der Waals surface area contributed by atoms with E-state index in [9.17, 15) is 14.9 Å². The van der Waals surface area contributed by atoms with E-state index < -0.39 is 5.78 Å². The summed E-state index contributed by atoms with van der Waals surface area (Å²) in [5, 5.41) is 9.59. The molecule has 0 radical (unpaired) electrons. The third-order valence-corrected chi connectivity index (χ3v) is 4.48. The Kier molecular flexibility index (Phi) is 4.95.